The van der Waals surface area contributed by atoms with Gasteiger partial charge in [-0.05, 0) is 11.8 Å². The van der Waals surface area contributed by atoms with Crippen molar-refractivity contribution in [2.75, 3.05) is 6.61 Å². The van der Waals surface area contributed by atoms with E-state index in [9.17, 15) is 20.1 Å². The molecule has 0 aliphatic carbocycles. The molecule has 0 aliphatic rings. The molecule has 0 atom stereocenters. The van der Waals surface area contributed by atoms with Crippen LogP contribution in [0, 0.1) is 15.3 Å². The maximum Gasteiger partial charge on any atom is 0.492 e. The zero-order valence-corrected chi connectivity index (χ0v) is 8.90. The lowest BCUT2D eigenvalue weighted by atomic mass is 10.3. The van der Waals surface area contributed by atoms with Crippen molar-refractivity contribution in [2.45, 2.75) is 6.92 Å². The van der Waals surface area contributed by atoms with Gasteiger partial charge in [-0.3, -0.25) is 10.1 Å². The minimum Gasteiger partial charge on any atom is -0.594 e. The van der Waals surface area contributed by atoms with E-state index in [-0.39, 0.29) is 22.8 Å². The lowest BCUT2D eigenvalue weighted by Crippen LogP contribution is -2.02. The second-order valence-electron chi connectivity index (χ2n) is 2.85. The number of nitro benzene ring substituents is 1. The first kappa shape index (κ1) is 12.6. The van der Waals surface area contributed by atoms with Crippen LogP contribution < -0.4 is 0 Å². The van der Waals surface area contributed by atoms with Gasteiger partial charge in [0.15, 0.2) is 0 Å². The van der Waals surface area contributed by atoms with Crippen molar-refractivity contribution in [3.63, 3.8) is 0 Å². The molecule has 17 heavy (non-hydrogen) atoms. The Labute approximate surface area is 95.9 Å². The fourth-order valence-electron chi connectivity index (χ4n) is 0.986. The van der Waals surface area contributed by atoms with Crippen molar-refractivity contribution < 1.29 is 19.3 Å². The molecule has 0 fully saturated rings. The van der Waals surface area contributed by atoms with E-state index in [1.165, 1.54) is 12.1 Å². The monoisotopic (exact) mass is 239 g/mol. The van der Waals surface area contributed by atoms with E-state index < -0.39 is 11.0 Å². The lowest BCUT2D eigenvalue weighted by Gasteiger charge is -1.98. The van der Waals surface area contributed by atoms with Gasteiger partial charge in [0.05, 0.1) is 16.6 Å². The molecule has 0 heterocycles. The number of non-ortho nitro benzene ring substituents is 1. The highest BCUT2D eigenvalue weighted by molar-refractivity contribution is 5.66. The van der Waals surface area contributed by atoms with Gasteiger partial charge >= 0.3 is 6.09 Å². The van der Waals surface area contributed by atoms with Crippen LogP contribution in [0.1, 0.15) is 6.92 Å². The molecule has 0 saturated carbocycles. The maximum atomic E-state index is 11.3. The highest BCUT2D eigenvalue weighted by Crippen LogP contribution is 2.17. The number of nitrogens with zero attached hydrogens (tertiary/aromatic N) is 3. The molecule has 8 nitrogen and oxygen atoms in total. The summed E-state index contributed by atoms with van der Waals surface area (Å²) in [5.74, 6) is 0. The molecule has 8 heteroatoms. The topological polar surface area (TPSA) is 108 Å². The Morgan fingerprint density at radius 2 is 1.82 bits per heavy atom. The van der Waals surface area contributed by atoms with Crippen LogP contribution in [0.5, 0.6) is 0 Å². The minimum atomic E-state index is -1.01. The van der Waals surface area contributed by atoms with Gasteiger partial charge in [-0.1, -0.05) is 0 Å². The molecule has 0 bridgehead atoms. The summed E-state index contributed by atoms with van der Waals surface area (Å²) in [6.45, 7) is 1.69. The van der Waals surface area contributed by atoms with Gasteiger partial charge in [0.2, 0.25) is 5.69 Å². The standard InChI is InChI=1S/C9H9N3O5/c1-2-17-9(13)10-11(14)7-3-5-8(6-4-7)12(15)16/h3-6H,2H2,1H3. The molecule has 1 amide bonds. The number of hydrogen-bond acceptors (Lipinski definition) is 5. The van der Waals surface area contributed by atoms with E-state index in [2.05, 4.69) is 9.85 Å². The van der Waals surface area contributed by atoms with Gasteiger partial charge in [-0.15, -0.1) is 0 Å². The van der Waals surface area contributed by atoms with Gasteiger partial charge in [-0.25, -0.2) is 4.79 Å². The maximum absolute atomic E-state index is 11.3. The Kier molecular flexibility index (Phi) is 4.09. The number of carbonyl (C=O) groups is 1. The third-order valence-corrected chi connectivity index (χ3v) is 1.72. The number of nitro groups is 1. The molecule has 0 aliphatic heterocycles. The van der Waals surface area contributed by atoms with E-state index in [4.69, 9.17) is 0 Å². The largest absolute Gasteiger partial charge is 0.594 e. The molecule has 1 aromatic rings. The molecule has 0 unspecified atom stereocenters. The number of hydrogen-bond donors (Lipinski definition) is 0. The summed E-state index contributed by atoms with van der Waals surface area (Å²) < 4.78 is 4.44. The fraction of sp³-hybridized carbons (Fsp3) is 0.222. The summed E-state index contributed by atoms with van der Waals surface area (Å²) in [4.78, 5) is 20.7. The lowest BCUT2D eigenvalue weighted by molar-refractivity contribution is -0.436. The van der Waals surface area contributed by atoms with Crippen molar-refractivity contribution >= 4 is 17.5 Å². The average molecular weight is 239 g/mol. The molecule has 0 radical (unpaired) electrons. The first-order valence-corrected chi connectivity index (χ1v) is 4.64. The van der Waals surface area contributed by atoms with Crippen molar-refractivity contribution in [2.24, 2.45) is 5.11 Å². The summed E-state index contributed by atoms with van der Waals surface area (Å²) in [6.07, 6.45) is -1.01. The molecular weight excluding hydrogens is 230 g/mol. The first-order chi connectivity index (χ1) is 8.04. The number of azo groups is 1. The summed E-state index contributed by atoms with van der Waals surface area (Å²) in [5, 5.41) is 24.7. The zero-order valence-electron chi connectivity index (χ0n) is 8.90. The third kappa shape index (κ3) is 3.52. The number of rotatable bonds is 3. The van der Waals surface area contributed by atoms with Gasteiger partial charge in [0.25, 0.3) is 5.69 Å². The number of ether oxygens (including phenoxy) is 1. The van der Waals surface area contributed by atoms with Gasteiger partial charge < -0.3 is 9.94 Å². The smallest absolute Gasteiger partial charge is 0.492 e. The van der Waals surface area contributed by atoms with Crippen LogP contribution in [0.2, 0.25) is 0 Å². The van der Waals surface area contributed by atoms with Crippen molar-refractivity contribution in [3.8, 4) is 0 Å². The molecule has 1 rings (SSSR count). The Morgan fingerprint density at radius 1 is 1.29 bits per heavy atom. The fourth-order valence-corrected chi connectivity index (χ4v) is 0.986. The Hall–Kier alpha value is -2.51. The number of amides is 1. The quantitative estimate of drug-likeness (QED) is 0.348. The van der Waals surface area contributed by atoms with Crippen molar-refractivity contribution in [3.05, 3.63) is 39.6 Å². The SMILES string of the molecule is CCOC(=O)N=[N+]([O-])c1ccc([N+](=O)[O-])cc1. The van der Waals surface area contributed by atoms with Crippen LogP contribution in [-0.2, 0) is 4.74 Å². The molecule has 0 N–H and O–H groups in total. The molecule has 90 valence electrons. The normalized spacial score (nSPS) is 11.0. The summed E-state index contributed by atoms with van der Waals surface area (Å²) >= 11 is 0. The summed E-state index contributed by atoms with van der Waals surface area (Å²) in [6, 6.07) is 4.66. The van der Waals surface area contributed by atoms with E-state index in [1.54, 1.807) is 6.92 Å². The van der Waals surface area contributed by atoms with E-state index >= 15 is 0 Å². The van der Waals surface area contributed by atoms with Crippen LogP contribution in [0.15, 0.2) is 29.4 Å². The van der Waals surface area contributed by atoms with E-state index in [1.807, 2.05) is 0 Å². The predicted molar refractivity (Wildman–Crippen MR) is 55.8 cm³/mol. The van der Waals surface area contributed by atoms with Crippen LogP contribution in [-0.4, -0.2) is 22.5 Å². The Bertz CT molecular complexity index is 454. The van der Waals surface area contributed by atoms with E-state index in [0.29, 0.717) is 0 Å². The number of benzene rings is 1. The van der Waals surface area contributed by atoms with Crippen molar-refractivity contribution in [1.82, 2.24) is 0 Å². The van der Waals surface area contributed by atoms with Crippen LogP contribution >= 0.6 is 0 Å². The molecule has 0 saturated heterocycles. The summed E-state index contributed by atoms with van der Waals surface area (Å²) in [7, 11) is 0. The Morgan fingerprint density at radius 3 is 2.29 bits per heavy atom. The van der Waals surface area contributed by atoms with Crippen LogP contribution in [0.3, 0.4) is 0 Å². The third-order valence-electron chi connectivity index (χ3n) is 1.72. The van der Waals surface area contributed by atoms with E-state index in [0.717, 1.165) is 12.1 Å². The molecule has 1 aromatic carbocycles. The van der Waals surface area contributed by atoms with Crippen molar-refractivity contribution in [1.29, 1.82) is 0 Å². The van der Waals surface area contributed by atoms with Crippen LogP contribution in [0.25, 0.3) is 0 Å². The molecule has 0 aromatic heterocycles. The Balaban J connectivity index is 2.86. The van der Waals surface area contributed by atoms with Crippen LogP contribution in [0.4, 0.5) is 16.2 Å². The second kappa shape index (κ2) is 5.54. The highest BCUT2D eigenvalue weighted by atomic mass is 16.6. The average Bonchev–Trinajstić information content (AvgIpc) is 2.29. The minimum absolute atomic E-state index is 0.00338. The second-order valence-corrected chi connectivity index (χ2v) is 2.85. The highest BCUT2D eigenvalue weighted by Gasteiger charge is 2.11. The summed E-state index contributed by atoms with van der Waals surface area (Å²) in [5.41, 5.74) is -0.151. The van der Waals surface area contributed by atoms with Gasteiger partial charge in [-0.2, -0.15) is 0 Å². The first-order valence-electron chi connectivity index (χ1n) is 4.64. The molecular formula is C9H9N3O5. The predicted octanol–water partition coefficient (Wildman–Crippen LogP) is 2.35. The van der Waals surface area contributed by atoms with Gasteiger partial charge in [0.1, 0.15) is 0 Å². The number of carbonyl (C=O) groups excluding carboxylic acids is 1. The zero-order chi connectivity index (χ0) is 12.8. The molecule has 0 spiro atoms. The van der Waals surface area contributed by atoms with Gasteiger partial charge in [0, 0.05) is 24.3 Å².